The van der Waals surface area contributed by atoms with Gasteiger partial charge in [-0.25, -0.2) is 4.68 Å². The van der Waals surface area contributed by atoms with Crippen LogP contribution in [0.1, 0.15) is 40.7 Å². The number of benzene rings is 1. The van der Waals surface area contributed by atoms with Crippen LogP contribution < -0.4 is 5.32 Å². The monoisotopic (exact) mass is 369 g/mol. The van der Waals surface area contributed by atoms with E-state index in [9.17, 15) is 9.59 Å². The van der Waals surface area contributed by atoms with E-state index >= 15 is 0 Å². The molecule has 0 aliphatic carbocycles. The first-order chi connectivity index (χ1) is 13.0. The third-order valence-corrected chi connectivity index (χ3v) is 5.33. The zero-order chi connectivity index (χ0) is 19.0. The third kappa shape index (κ3) is 3.44. The van der Waals surface area contributed by atoms with Crippen LogP contribution in [0.3, 0.4) is 0 Å². The van der Waals surface area contributed by atoms with E-state index in [-0.39, 0.29) is 17.4 Å². The van der Waals surface area contributed by atoms with Crippen molar-refractivity contribution in [3.63, 3.8) is 0 Å². The molecule has 2 amide bonds. The molecule has 27 heavy (non-hydrogen) atoms. The summed E-state index contributed by atoms with van der Waals surface area (Å²) in [6.45, 7) is 6.09. The predicted octanol–water partition coefficient (Wildman–Crippen LogP) is 1.04. The Hall–Kier alpha value is -2.74. The molecule has 1 spiro atoms. The molecular weight excluding hydrogens is 346 g/mol. The van der Waals surface area contributed by atoms with Gasteiger partial charge in [0, 0.05) is 19.0 Å². The van der Waals surface area contributed by atoms with E-state index in [0.29, 0.717) is 44.0 Å². The second-order valence-electron chi connectivity index (χ2n) is 7.35. The van der Waals surface area contributed by atoms with E-state index in [1.165, 1.54) is 0 Å². The smallest absolute Gasteiger partial charge is 0.251 e. The number of nitrogens with one attached hydrogen (secondary N) is 1. The molecule has 0 bridgehead atoms. The highest BCUT2D eigenvalue weighted by Gasteiger charge is 2.44. The Balaban J connectivity index is 1.42. The van der Waals surface area contributed by atoms with Crippen molar-refractivity contribution in [2.24, 2.45) is 0 Å². The number of carbonyl (C=O) groups is 2. The molecule has 1 atom stereocenters. The molecule has 1 saturated heterocycles. The van der Waals surface area contributed by atoms with Crippen molar-refractivity contribution in [2.75, 3.05) is 13.1 Å². The van der Waals surface area contributed by atoms with Crippen LogP contribution in [-0.4, -0.2) is 50.4 Å². The molecule has 1 unspecified atom stereocenters. The second-order valence-corrected chi connectivity index (χ2v) is 7.35. The van der Waals surface area contributed by atoms with Crippen LogP contribution in [0.2, 0.25) is 0 Å². The first kappa shape index (κ1) is 17.7. The van der Waals surface area contributed by atoms with Gasteiger partial charge in [0.25, 0.3) is 5.91 Å². The van der Waals surface area contributed by atoms with Crippen molar-refractivity contribution >= 4 is 11.8 Å². The van der Waals surface area contributed by atoms with Crippen LogP contribution in [0.4, 0.5) is 0 Å². The molecule has 1 N–H and O–H groups in total. The maximum Gasteiger partial charge on any atom is 0.251 e. The van der Waals surface area contributed by atoms with E-state index in [1.807, 2.05) is 34.7 Å². The summed E-state index contributed by atoms with van der Waals surface area (Å²) in [5.41, 5.74) is 2.88. The maximum absolute atomic E-state index is 12.3. The number of rotatable bonds is 3. The third-order valence-electron chi connectivity index (χ3n) is 5.33. The first-order valence-corrected chi connectivity index (χ1v) is 9.11. The summed E-state index contributed by atoms with van der Waals surface area (Å²) in [7, 11) is 0. The molecule has 3 heterocycles. The Kier molecular flexibility index (Phi) is 4.43. The zero-order valence-electron chi connectivity index (χ0n) is 15.6. The lowest BCUT2D eigenvalue weighted by Crippen LogP contribution is -2.45. The van der Waals surface area contributed by atoms with Crippen molar-refractivity contribution in [1.82, 2.24) is 25.2 Å². The minimum Gasteiger partial charge on any atom is -0.365 e. The Labute approximate surface area is 157 Å². The Morgan fingerprint density at radius 2 is 2.19 bits per heavy atom. The van der Waals surface area contributed by atoms with E-state index < -0.39 is 0 Å². The Bertz CT molecular complexity index is 893. The highest BCUT2D eigenvalue weighted by atomic mass is 16.5. The lowest BCUT2D eigenvalue weighted by Gasteiger charge is -2.33. The Morgan fingerprint density at radius 1 is 1.33 bits per heavy atom. The van der Waals surface area contributed by atoms with Gasteiger partial charge >= 0.3 is 0 Å². The molecular formula is C19H23N5O3. The number of fused-ring (bicyclic) bond motifs is 1. The number of nitrogens with zero attached hydrogens (tertiary/aromatic N) is 4. The lowest BCUT2D eigenvalue weighted by atomic mass is 10.0. The maximum atomic E-state index is 12.3. The van der Waals surface area contributed by atoms with Crippen LogP contribution in [0.15, 0.2) is 24.3 Å². The SMILES string of the molecule is CC(=O)N1CCC2(C1)Cn1nnc(CNC(=O)c3cccc(C)c3)c1CO2. The molecule has 2 aromatic rings. The highest BCUT2D eigenvalue weighted by Crippen LogP contribution is 2.32. The van der Waals surface area contributed by atoms with E-state index in [2.05, 4.69) is 15.6 Å². The molecule has 1 aromatic heterocycles. The van der Waals surface area contributed by atoms with Gasteiger partial charge in [0.15, 0.2) is 0 Å². The topological polar surface area (TPSA) is 89.4 Å². The number of amides is 2. The first-order valence-electron chi connectivity index (χ1n) is 9.11. The summed E-state index contributed by atoms with van der Waals surface area (Å²) in [6, 6.07) is 7.46. The molecule has 8 heteroatoms. The van der Waals surface area contributed by atoms with Gasteiger partial charge in [0.2, 0.25) is 5.91 Å². The summed E-state index contributed by atoms with van der Waals surface area (Å²) in [5.74, 6) is -0.0686. The highest BCUT2D eigenvalue weighted by molar-refractivity contribution is 5.94. The largest absolute Gasteiger partial charge is 0.365 e. The average molecular weight is 369 g/mol. The molecule has 0 radical (unpaired) electrons. The Morgan fingerprint density at radius 3 is 2.93 bits per heavy atom. The molecule has 8 nitrogen and oxygen atoms in total. The number of carbonyl (C=O) groups excluding carboxylic acids is 2. The normalized spacial score (nSPS) is 21.3. The molecule has 0 saturated carbocycles. The van der Waals surface area contributed by atoms with Gasteiger partial charge in [-0.2, -0.15) is 0 Å². The number of aryl methyl sites for hydroxylation is 1. The van der Waals surface area contributed by atoms with E-state index in [0.717, 1.165) is 17.7 Å². The van der Waals surface area contributed by atoms with Gasteiger partial charge in [0.05, 0.1) is 31.9 Å². The number of hydrogen-bond acceptors (Lipinski definition) is 5. The summed E-state index contributed by atoms with van der Waals surface area (Å²) >= 11 is 0. The van der Waals surface area contributed by atoms with Crippen molar-refractivity contribution < 1.29 is 14.3 Å². The fourth-order valence-corrected chi connectivity index (χ4v) is 3.74. The van der Waals surface area contributed by atoms with E-state index in [4.69, 9.17) is 4.74 Å². The summed E-state index contributed by atoms with van der Waals surface area (Å²) in [6.07, 6.45) is 0.797. The van der Waals surface area contributed by atoms with Gasteiger partial charge in [-0.1, -0.05) is 22.9 Å². The van der Waals surface area contributed by atoms with Gasteiger partial charge in [-0.3, -0.25) is 9.59 Å². The van der Waals surface area contributed by atoms with Gasteiger partial charge < -0.3 is 15.0 Å². The van der Waals surface area contributed by atoms with Gasteiger partial charge in [-0.05, 0) is 25.5 Å². The summed E-state index contributed by atoms with van der Waals surface area (Å²) < 4.78 is 7.98. The predicted molar refractivity (Wildman–Crippen MR) is 96.8 cm³/mol. The molecule has 142 valence electrons. The summed E-state index contributed by atoms with van der Waals surface area (Å²) in [5, 5.41) is 11.4. The van der Waals surface area contributed by atoms with Crippen molar-refractivity contribution in [2.45, 2.75) is 45.6 Å². The molecule has 1 aromatic carbocycles. The standard InChI is InChI=1S/C19H23N5O3/c1-13-4-3-5-15(8-13)18(26)20-9-16-17-10-27-19(12-24(17)22-21-16)6-7-23(11-19)14(2)25/h3-5,8H,6-7,9-12H2,1-2H3,(H,20,26). The number of likely N-dealkylation sites (tertiary alicyclic amines) is 1. The molecule has 2 aliphatic heterocycles. The van der Waals surface area contributed by atoms with Crippen molar-refractivity contribution in [3.05, 3.63) is 46.8 Å². The molecule has 4 rings (SSSR count). The quantitative estimate of drug-likeness (QED) is 0.873. The van der Waals surface area contributed by atoms with Gasteiger partial charge in [-0.15, -0.1) is 5.10 Å². The minimum atomic E-state index is -0.381. The minimum absolute atomic E-state index is 0.0689. The van der Waals surface area contributed by atoms with Crippen LogP contribution in [0.25, 0.3) is 0 Å². The van der Waals surface area contributed by atoms with Crippen LogP contribution in [0.5, 0.6) is 0 Å². The summed E-state index contributed by atoms with van der Waals surface area (Å²) in [4.78, 5) is 25.7. The number of aromatic nitrogens is 3. The molecule has 1 fully saturated rings. The number of hydrogen-bond donors (Lipinski definition) is 1. The average Bonchev–Trinajstić information content (AvgIpc) is 3.24. The molecule has 2 aliphatic rings. The fraction of sp³-hybridized carbons (Fsp3) is 0.474. The second kappa shape index (κ2) is 6.77. The van der Waals surface area contributed by atoms with Crippen LogP contribution >= 0.6 is 0 Å². The van der Waals surface area contributed by atoms with Gasteiger partial charge in [0.1, 0.15) is 11.3 Å². The number of ether oxygens (including phenoxy) is 1. The van der Waals surface area contributed by atoms with Crippen LogP contribution in [0, 0.1) is 6.92 Å². The fourth-order valence-electron chi connectivity index (χ4n) is 3.74. The zero-order valence-corrected chi connectivity index (χ0v) is 15.6. The van der Waals surface area contributed by atoms with Crippen molar-refractivity contribution in [1.29, 1.82) is 0 Å². The van der Waals surface area contributed by atoms with Crippen LogP contribution in [-0.2, 0) is 29.2 Å². The van der Waals surface area contributed by atoms with E-state index in [1.54, 1.807) is 13.0 Å². The lowest BCUT2D eigenvalue weighted by molar-refractivity contribution is -0.131. The van der Waals surface area contributed by atoms with Crippen molar-refractivity contribution in [3.8, 4) is 0 Å².